The van der Waals surface area contributed by atoms with Crippen molar-refractivity contribution in [2.75, 3.05) is 6.61 Å². The van der Waals surface area contributed by atoms with Crippen molar-refractivity contribution in [1.82, 2.24) is 5.32 Å². The number of allylic oxidation sites excluding steroid dienone is 1. The average molecular weight is 305 g/mol. The second kappa shape index (κ2) is 6.05. The number of amides is 1. The number of nitrogens with one attached hydrogen (secondary N) is 1. The number of carbonyl (C=O) groups is 2. The first-order valence-corrected chi connectivity index (χ1v) is 8.59. The first-order chi connectivity index (χ1) is 10.5. The minimum absolute atomic E-state index is 0.175. The molecule has 0 aromatic carbocycles. The number of hydrogen-bond donors (Lipinski definition) is 1. The molecule has 122 valence electrons. The summed E-state index contributed by atoms with van der Waals surface area (Å²) < 4.78 is 4.93. The van der Waals surface area contributed by atoms with Crippen LogP contribution in [0, 0.1) is 23.2 Å². The Morgan fingerprint density at radius 3 is 2.23 bits per heavy atom. The topological polar surface area (TPSA) is 55.4 Å². The van der Waals surface area contributed by atoms with Crippen LogP contribution in [0.1, 0.15) is 52.4 Å². The first kappa shape index (κ1) is 15.6. The Bertz CT molecular complexity index is 447. The summed E-state index contributed by atoms with van der Waals surface area (Å²) in [6.07, 6.45) is 10.9. The monoisotopic (exact) mass is 305 g/mol. The van der Waals surface area contributed by atoms with E-state index in [9.17, 15) is 9.59 Å². The second-order valence-corrected chi connectivity index (χ2v) is 7.68. The Kier molecular flexibility index (Phi) is 4.28. The van der Waals surface area contributed by atoms with Crippen molar-refractivity contribution in [3.63, 3.8) is 0 Å². The third-order valence-electron chi connectivity index (χ3n) is 6.03. The second-order valence-electron chi connectivity index (χ2n) is 7.68. The lowest BCUT2D eigenvalue weighted by Gasteiger charge is -2.59. The van der Waals surface area contributed by atoms with Gasteiger partial charge in [0.25, 0.3) is 5.91 Å². The van der Waals surface area contributed by atoms with Crippen LogP contribution in [-0.2, 0) is 14.3 Å². The molecule has 4 fully saturated rings. The highest BCUT2D eigenvalue weighted by Crippen LogP contribution is 2.61. The molecule has 4 saturated carbocycles. The molecule has 1 N–H and O–H groups in total. The Morgan fingerprint density at radius 2 is 1.73 bits per heavy atom. The fourth-order valence-corrected chi connectivity index (χ4v) is 5.47. The molecule has 4 aliphatic rings. The van der Waals surface area contributed by atoms with E-state index in [-0.39, 0.29) is 24.0 Å². The van der Waals surface area contributed by atoms with Crippen LogP contribution < -0.4 is 5.32 Å². The molecule has 4 aliphatic carbocycles. The molecule has 4 bridgehead atoms. The summed E-state index contributed by atoms with van der Waals surface area (Å²) in [5, 5.41) is 3.09. The van der Waals surface area contributed by atoms with Gasteiger partial charge in [0, 0.05) is 12.1 Å². The van der Waals surface area contributed by atoms with E-state index in [1.807, 2.05) is 0 Å². The molecule has 4 rings (SSSR count). The molecule has 22 heavy (non-hydrogen) atoms. The molecule has 0 aliphatic heterocycles. The Labute approximate surface area is 132 Å². The van der Waals surface area contributed by atoms with E-state index >= 15 is 0 Å². The van der Waals surface area contributed by atoms with Gasteiger partial charge in [-0.1, -0.05) is 6.08 Å². The van der Waals surface area contributed by atoms with Gasteiger partial charge in [-0.2, -0.15) is 0 Å². The fourth-order valence-electron chi connectivity index (χ4n) is 5.47. The van der Waals surface area contributed by atoms with E-state index in [4.69, 9.17) is 4.74 Å². The molecule has 0 radical (unpaired) electrons. The summed E-state index contributed by atoms with van der Waals surface area (Å²) in [6.45, 7) is 3.70. The lowest BCUT2D eigenvalue weighted by atomic mass is 9.48. The van der Waals surface area contributed by atoms with Crippen molar-refractivity contribution in [3.8, 4) is 0 Å². The van der Waals surface area contributed by atoms with Crippen LogP contribution in [0.4, 0.5) is 0 Å². The van der Waals surface area contributed by atoms with Crippen LogP contribution in [0.3, 0.4) is 0 Å². The molecular weight excluding hydrogens is 278 g/mol. The molecule has 0 saturated heterocycles. The Morgan fingerprint density at radius 1 is 1.18 bits per heavy atom. The molecule has 0 spiro atoms. The fraction of sp³-hybridized carbons (Fsp3) is 0.778. The minimum atomic E-state index is -0.458. The number of hydrogen-bond acceptors (Lipinski definition) is 3. The van der Waals surface area contributed by atoms with Gasteiger partial charge < -0.3 is 10.1 Å². The zero-order chi connectivity index (χ0) is 15.7. The van der Waals surface area contributed by atoms with E-state index in [0.29, 0.717) is 0 Å². The van der Waals surface area contributed by atoms with Gasteiger partial charge in [0.05, 0.1) is 0 Å². The summed E-state index contributed by atoms with van der Waals surface area (Å²) in [5.74, 6) is 1.98. The summed E-state index contributed by atoms with van der Waals surface area (Å²) in [4.78, 5) is 23.3. The smallest absolute Gasteiger partial charge is 0.330 e. The molecule has 1 amide bonds. The maximum absolute atomic E-state index is 12.0. The Balaban J connectivity index is 1.54. The minimum Gasteiger partial charge on any atom is -0.452 e. The quantitative estimate of drug-likeness (QED) is 0.627. The van der Waals surface area contributed by atoms with Gasteiger partial charge >= 0.3 is 5.97 Å². The number of ether oxygens (including phenoxy) is 1. The third-order valence-corrected chi connectivity index (χ3v) is 6.03. The summed E-state index contributed by atoms with van der Waals surface area (Å²) >= 11 is 0. The molecule has 0 aromatic heterocycles. The molecule has 0 aromatic rings. The van der Waals surface area contributed by atoms with Gasteiger partial charge in [0.2, 0.25) is 0 Å². The van der Waals surface area contributed by atoms with Crippen LogP contribution in [0.5, 0.6) is 0 Å². The number of esters is 1. The van der Waals surface area contributed by atoms with Crippen LogP contribution >= 0.6 is 0 Å². The van der Waals surface area contributed by atoms with E-state index in [1.54, 1.807) is 13.0 Å². The maximum Gasteiger partial charge on any atom is 0.330 e. The summed E-state index contributed by atoms with van der Waals surface area (Å²) in [6, 6.07) is 0.175. The van der Waals surface area contributed by atoms with Crippen LogP contribution in [0.25, 0.3) is 0 Å². The predicted octanol–water partition coefficient (Wildman–Crippen LogP) is 2.83. The summed E-state index contributed by atoms with van der Waals surface area (Å²) in [7, 11) is 0. The highest BCUT2D eigenvalue weighted by Gasteiger charge is 2.53. The van der Waals surface area contributed by atoms with Crippen molar-refractivity contribution >= 4 is 11.9 Å². The zero-order valence-corrected chi connectivity index (χ0v) is 13.6. The van der Waals surface area contributed by atoms with Gasteiger partial charge in [-0.05, 0) is 75.5 Å². The molecular formula is C18H27NO3. The Hall–Kier alpha value is -1.32. The average Bonchev–Trinajstić information content (AvgIpc) is 2.44. The van der Waals surface area contributed by atoms with Crippen molar-refractivity contribution in [2.24, 2.45) is 23.2 Å². The molecule has 0 heterocycles. The van der Waals surface area contributed by atoms with Gasteiger partial charge in [0.1, 0.15) is 0 Å². The van der Waals surface area contributed by atoms with Crippen LogP contribution in [0.2, 0.25) is 0 Å². The van der Waals surface area contributed by atoms with E-state index < -0.39 is 5.97 Å². The molecule has 4 heteroatoms. The van der Waals surface area contributed by atoms with Crippen molar-refractivity contribution in [1.29, 1.82) is 0 Å². The van der Waals surface area contributed by atoms with Crippen molar-refractivity contribution in [2.45, 2.75) is 58.4 Å². The molecule has 0 unspecified atom stereocenters. The SMILES string of the molecule is C/C=C/C(=O)OCC(=O)N[C@@H](C)C12CC3CC(CC(C3)C1)C2. The molecule has 1 atom stereocenters. The van der Waals surface area contributed by atoms with Gasteiger partial charge in [-0.3, -0.25) is 4.79 Å². The lowest BCUT2D eigenvalue weighted by Crippen LogP contribution is -2.56. The van der Waals surface area contributed by atoms with Crippen molar-refractivity contribution in [3.05, 3.63) is 12.2 Å². The number of carbonyl (C=O) groups excluding carboxylic acids is 2. The highest BCUT2D eigenvalue weighted by atomic mass is 16.5. The molecule has 4 nitrogen and oxygen atoms in total. The standard InChI is InChI=1S/C18H27NO3/c1-3-4-17(21)22-11-16(20)19-12(2)18-8-13-5-14(9-18)7-15(6-13)10-18/h3-4,12-15H,5-11H2,1-2H3,(H,19,20)/b4-3+/t12-,13?,14?,15?,18?/m0/s1. The maximum atomic E-state index is 12.0. The van der Waals surface area contributed by atoms with Crippen molar-refractivity contribution < 1.29 is 14.3 Å². The van der Waals surface area contributed by atoms with Gasteiger partial charge in [0.15, 0.2) is 6.61 Å². The van der Waals surface area contributed by atoms with Crippen LogP contribution in [-0.4, -0.2) is 24.5 Å². The van der Waals surface area contributed by atoms with Crippen LogP contribution in [0.15, 0.2) is 12.2 Å². The highest BCUT2D eigenvalue weighted by molar-refractivity contribution is 5.85. The van der Waals surface area contributed by atoms with E-state index in [1.165, 1.54) is 44.6 Å². The third kappa shape index (κ3) is 3.06. The lowest BCUT2D eigenvalue weighted by molar-refractivity contribution is -0.145. The number of rotatable bonds is 5. The normalized spacial score (nSPS) is 37.3. The summed E-state index contributed by atoms with van der Waals surface area (Å²) in [5.41, 5.74) is 0.289. The van der Waals surface area contributed by atoms with Gasteiger partial charge in [-0.15, -0.1) is 0 Å². The predicted molar refractivity (Wildman–Crippen MR) is 84.0 cm³/mol. The largest absolute Gasteiger partial charge is 0.452 e. The van der Waals surface area contributed by atoms with E-state index in [0.717, 1.165) is 17.8 Å². The van der Waals surface area contributed by atoms with E-state index in [2.05, 4.69) is 12.2 Å². The zero-order valence-electron chi connectivity index (χ0n) is 13.6. The van der Waals surface area contributed by atoms with Gasteiger partial charge in [-0.25, -0.2) is 4.79 Å². The first-order valence-electron chi connectivity index (χ1n) is 8.59.